The zero-order chi connectivity index (χ0) is 6.60. The van der Waals surface area contributed by atoms with Crippen LogP contribution in [0.1, 0.15) is 6.42 Å². The number of hydrogen-bond acceptors (Lipinski definition) is 1. The first-order valence-corrected chi connectivity index (χ1v) is 3.78. The van der Waals surface area contributed by atoms with Crippen LogP contribution < -0.4 is 5.32 Å². The van der Waals surface area contributed by atoms with Crippen LogP contribution in [0.4, 0.5) is 0 Å². The van der Waals surface area contributed by atoms with Crippen LogP contribution >= 0.6 is 0 Å². The van der Waals surface area contributed by atoms with Gasteiger partial charge in [0.25, 0.3) is 0 Å². The Morgan fingerprint density at radius 2 is 2.50 bits per heavy atom. The van der Waals surface area contributed by atoms with Crippen LogP contribution in [-0.2, 0) is 0 Å². The summed E-state index contributed by atoms with van der Waals surface area (Å²) in [6, 6.07) is 0. The first-order valence-electron chi connectivity index (χ1n) is 3.78. The maximum absolute atomic E-state index is 3.40. The van der Waals surface area contributed by atoms with Crippen molar-refractivity contribution in [1.29, 1.82) is 0 Å². The van der Waals surface area contributed by atoms with Gasteiger partial charge >= 0.3 is 0 Å². The zero-order valence-corrected chi connectivity index (χ0v) is 5.72. The standard InChI is InChI=1S/C9H9N/c1-2-7-6-9(7)4-5-10-8(9)3-1/h1-3,6,10H,4-5H2. The van der Waals surface area contributed by atoms with Gasteiger partial charge < -0.3 is 5.32 Å². The summed E-state index contributed by atoms with van der Waals surface area (Å²) in [5.41, 5.74) is 3.36. The van der Waals surface area contributed by atoms with Crippen LogP contribution in [0.15, 0.2) is 35.6 Å². The number of allylic oxidation sites excluding steroid dienone is 4. The maximum atomic E-state index is 3.40. The minimum absolute atomic E-state index is 0.411. The van der Waals surface area contributed by atoms with Crippen molar-refractivity contribution in [3.8, 4) is 0 Å². The molecule has 1 unspecified atom stereocenters. The van der Waals surface area contributed by atoms with Gasteiger partial charge in [-0.05, 0) is 18.1 Å². The predicted molar refractivity (Wildman–Crippen MR) is 40.4 cm³/mol. The van der Waals surface area contributed by atoms with E-state index in [0.717, 1.165) is 6.54 Å². The zero-order valence-electron chi connectivity index (χ0n) is 5.72. The highest BCUT2D eigenvalue weighted by molar-refractivity contribution is 5.60. The van der Waals surface area contributed by atoms with E-state index in [4.69, 9.17) is 0 Å². The van der Waals surface area contributed by atoms with Crippen molar-refractivity contribution >= 4 is 0 Å². The molecule has 0 aromatic rings. The van der Waals surface area contributed by atoms with Crippen LogP contribution in [0.3, 0.4) is 0 Å². The Labute approximate surface area is 60.1 Å². The van der Waals surface area contributed by atoms with E-state index >= 15 is 0 Å². The van der Waals surface area contributed by atoms with E-state index in [-0.39, 0.29) is 0 Å². The third kappa shape index (κ3) is 0.348. The lowest BCUT2D eigenvalue weighted by atomic mass is 9.92. The van der Waals surface area contributed by atoms with Crippen molar-refractivity contribution in [2.24, 2.45) is 5.41 Å². The molecule has 2 aliphatic carbocycles. The lowest BCUT2D eigenvalue weighted by Crippen LogP contribution is -2.10. The minimum atomic E-state index is 0.411. The fraction of sp³-hybridized carbons (Fsp3) is 0.333. The fourth-order valence-electron chi connectivity index (χ4n) is 2.02. The molecule has 50 valence electrons. The average Bonchev–Trinajstić information content (AvgIpc) is 2.51. The smallest absolute Gasteiger partial charge is 0.0549 e. The summed E-state index contributed by atoms with van der Waals surface area (Å²) in [4.78, 5) is 0. The minimum Gasteiger partial charge on any atom is -0.387 e. The van der Waals surface area contributed by atoms with Crippen LogP contribution in [0.2, 0.25) is 0 Å². The van der Waals surface area contributed by atoms with Crippen LogP contribution in [-0.4, -0.2) is 6.54 Å². The van der Waals surface area contributed by atoms with Crippen LogP contribution in [0, 0.1) is 5.41 Å². The van der Waals surface area contributed by atoms with E-state index in [2.05, 4.69) is 29.6 Å². The highest BCUT2D eigenvalue weighted by atomic mass is 15.0. The van der Waals surface area contributed by atoms with Gasteiger partial charge in [-0.3, -0.25) is 0 Å². The van der Waals surface area contributed by atoms with Gasteiger partial charge in [-0.25, -0.2) is 0 Å². The van der Waals surface area contributed by atoms with E-state index < -0.39 is 0 Å². The quantitative estimate of drug-likeness (QED) is 0.523. The molecule has 3 aliphatic rings. The summed E-state index contributed by atoms with van der Waals surface area (Å²) < 4.78 is 0. The average molecular weight is 131 g/mol. The molecular weight excluding hydrogens is 122 g/mol. The molecular formula is C9H9N. The number of nitrogens with one attached hydrogen (secondary N) is 1. The van der Waals surface area contributed by atoms with Gasteiger partial charge in [0.15, 0.2) is 0 Å². The summed E-state index contributed by atoms with van der Waals surface area (Å²) in [6.45, 7) is 1.15. The Bertz CT molecular complexity index is 283. The van der Waals surface area contributed by atoms with E-state index in [1.54, 1.807) is 0 Å². The lowest BCUT2D eigenvalue weighted by molar-refractivity contribution is 0.690. The van der Waals surface area contributed by atoms with Gasteiger partial charge in [0.1, 0.15) is 0 Å². The Hall–Kier alpha value is -0.980. The van der Waals surface area contributed by atoms with Crippen molar-refractivity contribution in [3.63, 3.8) is 0 Å². The monoisotopic (exact) mass is 131 g/mol. The van der Waals surface area contributed by atoms with Gasteiger partial charge in [-0.15, -0.1) is 0 Å². The van der Waals surface area contributed by atoms with Gasteiger partial charge in [0.2, 0.25) is 0 Å². The molecule has 0 radical (unpaired) electrons. The molecule has 0 aromatic heterocycles. The topological polar surface area (TPSA) is 12.0 Å². The van der Waals surface area contributed by atoms with E-state index in [1.165, 1.54) is 17.7 Å². The SMILES string of the molecule is C1=CC2=CC23CCNC3=C1. The second-order valence-electron chi connectivity index (χ2n) is 3.19. The van der Waals surface area contributed by atoms with Gasteiger partial charge in [0, 0.05) is 12.2 Å². The second-order valence-corrected chi connectivity index (χ2v) is 3.19. The molecule has 1 heteroatoms. The molecule has 1 spiro atoms. The molecule has 0 bridgehead atoms. The summed E-state index contributed by atoms with van der Waals surface area (Å²) in [6.07, 6.45) is 10.2. The summed E-state index contributed by atoms with van der Waals surface area (Å²) >= 11 is 0. The first-order chi connectivity index (χ1) is 4.92. The first kappa shape index (κ1) is 4.78. The number of hydrogen-bond donors (Lipinski definition) is 1. The fourth-order valence-corrected chi connectivity index (χ4v) is 2.02. The molecule has 1 fully saturated rings. The Morgan fingerprint density at radius 3 is 3.40 bits per heavy atom. The van der Waals surface area contributed by atoms with Crippen molar-refractivity contribution in [1.82, 2.24) is 5.32 Å². The molecule has 0 saturated carbocycles. The molecule has 3 rings (SSSR count). The molecule has 0 aromatic carbocycles. The van der Waals surface area contributed by atoms with Gasteiger partial charge in [-0.2, -0.15) is 0 Å². The predicted octanol–water partition coefficient (Wildman–Crippen LogP) is 1.36. The normalized spacial score (nSPS) is 39.2. The molecule has 1 N–H and O–H groups in total. The van der Waals surface area contributed by atoms with Gasteiger partial charge in [-0.1, -0.05) is 18.2 Å². The van der Waals surface area contributed by atoms with Gasteiger partial charge in [0.05, 0.1) is 5.41 Å². The Morgan fingerprint density at radius 1 is 1.50 bits per heavy atom. The highest BCUT2D eigenvalue weighted by Gasteiger charge is 2.49. The molecule has 1 atom stereocenters. The Kier molecular flexibility index (Phi) is 0.581. The summed E-state index contributed by atoms with van der Waals surface area (Å²) in [7, 11) is 0. The third-order valence-electron chi connectivity index (χ3n) is 2.69. The van der Waals surface area contributed by atoms with Crippen molar-refractivity contribution in [2.45, 2.75) is 6.42 Å². The molecule has 1 saturated heterocycles. The van der Waals surface area contributed by atoms with Crippen LogP contribution in [0.5, 0.6) is 0 Å². The molecule has 1 aliphatic heterocycles. The van der Waals surface area contributed by atoms with Crippen molar-refractivity contribution in [3.05, 3.63) is 35.6 Å². The molecule has 1 heterocycles. The van der Waals surface area contributed by atoms with E-state index in [0.29, 0.717) is 5.41 Å². The Balaban J connectivity index is 2.15. The molecule has 10 heavy (non-hydrogen) atoms. The van der Waals surface area contributed by atoms with Crippen molar-refractivity contribution < 1.29 is 0 Å². The largest absolute Gasteiger partial charge is 0.387 e. The summed E-state index contributed by atoms with van der Waals surface area (Å²) in [5, 5.41) is 3.40. The third-order valence-corrected chi connectivity index (χ3v) is 2.69. The second kappa shape index (κ2) is 1.22. The number of rotatable bonds is 0. The lowest BCUT2D eigenvalue weighted by Gasteiger charge is -2.12. The molecule has 1 nitrogen and oxygen atoms in total. The maximum Gasteiger partial charge on any atom is 0.0549 e. The highest BCUT2D eigenvalue weighted by Crippen LogP contribution is 2.56. The van der Waals surface area contributed by atoms with Crippen molar-refractivity contribution in [2.75, 3.05) is 6.54 Å². The summed E-state index contributed by atoms with van der Waals surface area (Å²) in [5.74, 6) is 0. The van der Waals surface area contributed by atoms with E-state index in [9.17, 15) is 0 Å². The molecule has 0 amide bonds. The van der Waals surface area contributed by atoms with E-state index in [1.807, 2.05) is 0 Å². The van der Waals surface area contributed by atoms with Crippen LogP contribution in [0.25, 0.3) is 0 Å².